The third-order valence-electron chi connectivity index (χ3n) is 3.31. The van der Waals surface area contributed by atoms with Crippen LogP contribution in [0.3, 0.4) is 0 Å². The molecular formula is C18H20N2O5. The molecular weight excluding hydrogens is 324 g/mol. The molecule has 1 rings (SSSR count). The van der Waals surface area contributed by atoms with Crippen molar-refractivity contribution in [2.75, 3.05) is 31.0 Å². The first-order valence-corrected chi connectivity index (χ1v) is 7.36. The Kier molecular flexibility index (Phi) is 7.27. The van der Waals surface area contributed by atoms with E-state index < -0.39 is 11.9 Å². The van der Waals surface area contributed by atoms with Crippen molar-refractivity contribution in [1.29, 1.82) is 0 Å². The predicted octanol–water partition coefficient (Wildman–Crippen LogP) is 1.49. The Morgan fingerprint density at radius 3 is 1.56 bits per heavy atom. The number of rotatable bonds is 6. The van der Waals surface area contributed by atoms with Gasteiger partial charge in [0, 0.05) is 43.7 Å². The molecule has 1 aromatic rings. The molecule has 0 unspecified atom stereocenters. The quantitative estimate of drug-likeness (QED) is 0.577. The minimum atomic E-state index is -0.615. The fourth-order valence-corrected chi connectivity index (χ4v) is 1.77. The number of hydrogen-bond donors (Lipinski definition) is 0. The standard InChI is InChI=1S/C18H20N2O5/c1-13(21)5-10-16(22)19(2)14-6-8-15(9-7-14)20(3)17(23)11-12-18(24)25-4/h5-12H,1-4H3/b10-5-,12-11-. The first-order chi connectivity index (χ1) is 11.8. The monoisotopic (exact) mass is 344 g/mol. The van der Waals surface area contributed by atoms with Crippen molar-refractivity contribution in [2.45, 2.75) is 6.92 Å². The minimum absolute atomic E-state index is 0.211. The Balaban J connectivity index is 2.83. The van der Waals surface area contributed by atoms with E-state index in [0.717, 1.165) is 12.2 Å². The number of methoxy groups -OCH3 is 1. The van der Waals surface area contributed by atoms with Gasteiger partial charge in [-0.25, -0.2) is 4.79 Å². The van der Waals surface area contributed by atoms with Crippen molar-refractivity contribution in [3.8, 4) is 0 Å². The molecule has 1 aromatic carbocycles. The van der Waals surface area contributed by atoms with Gasteiger partial charge in [-0.15, -0.1) is 0 Å². The van der Waals surface area contributed by atoms with Crippen LogP contribution < -0.4 is 9.80 Å². The lowest BCUT2D eigenvalue weighted by Gasteiger charge is -2.19. The average Bonchev–Trinajstić information content (AvgIpc) is 2.62. The number of benzene rings is 1. The van der Waals surface area contributed by atoms with Crippen LogP contribution in [0.25, 0.3) is 0 Å². The lowest BCUT2D eigenvalue weighted by atomic mass is 10.2. The van der Waals surface area contributed by atoms with E-state index >= 15 is 0 Å². The van der Waals surface area contributed by atoms with E-state index in [0.29, 0.717) is 11.4 Å². The molecule has 132 valence electrons. The van der Waals surface area contributed by atoms with Crippen LogP contribution in [0.4, 0.5) is 11.4 Å². The van der Waals surface area contributed by atoms with Crippen LogP contribution in [-0.2, 0) is 23.9 Å². The zero-order valence-corrected chi connectivity index (χ0v) is 14.6. The second kappa shape index (κ2) is 9.17. The summed E-state index contributed by atoms with van der Waals surface area (Å²) in [5, 5.41) is 0. The SMILES string of the molecule is COC(=O)/C=C\C(=O)N(C)c1ccc(N(C)C(=O)/C=C\C(C)=O)cc1. The van der Waals surface area contributed by atoms with E-state index in [9.17, 15) is 19.2 Å². The van der Waals surface area contributed by atoms with Crippen molar-refractivity contribution >= 4 is 34.9 Å². The topological polar surface area (TPSA) is 84.0 Å². The molecule has 0 aliphatic rings. The van der Waals surface area contributed by atoms with Gasteiger partial charge < -0.3 is 14.5 Å². The Bertz CT molecular complexity index is 719. The van der Waals surface area contributed by atoms with E-state index in [4.69, 9.17) is 0 Å². The first-order valence-electron chi connectivity index (χ1n) is 7.36. The lowest BCUT2D eigenvalue weighted by Crippen LogP contribution is -2.25. The molecule has 0 aromatic heterocycles. The summed E-state index contributed by atoms with van der Waals surface area (Å²) in [6.07, 6.45) is 4.56. The van der Waals surface area contributed by atoms with E-state index in [1.807, 2.05) is 0 Å². The predicted molar refractivity (Wildman–Crippen MR) is 94.2 cm³/mol. The fourth-order valence-electron chi connectivity index (χ4n) is 1.77. The van der Waals surface area contributed by atoms with Gasteiger partial charge in [-0.2, -0.15) is 0 Å². The molecule has 0 fully saturated rings. The number of ketones is 1. The summed E-state index contributed by atoms with van der Waals surface area (Å²) in [4.78, 5) is 48.5. The van der Waals surface area contributed by atoms with E-state index in [-0.39, 0.29) is 11.7 Å². The highest BCUT2D eigenvalue weighted by Gasteiger charge is 2.11. The zero-order valence-electron chi connectivity index (χ0n) is 14.6. The molecule has 0 saturated carbocycles. The van der Waals surface area contributed by atoms with Crippen LogP contribution in [0, 0.1) is 0 Å². The van der Waals surface area contributed by atoms with E-state index in [1.165, 1.54) is 36.0 Å². The molecule has 0 spiro atoms. The Morgan fingerprint density at radius 2 is 1.20 bits per heavy atom. The maximum absolute atomic E-state index is 12.0. The van der Waals surface area contributed by atoms with E-state index in [1.54, 1.807) is 38.4 Å². The van der Waals surface area contributed by atoms with Crippen LogP contribution in [0.5, 0.6) is 0 Å². The number of esters is 1. The molecule has 0 heterocycles. The molecule has 0 radical (unpaired) electrons. The Morgan fingerprint density at radius 1 is 0.800 bits per heavy atom. The fraction of sp³-hybridized carbons (Fsp3) is 0.222. The average molecular weight is 344 g/mol. The van der Waals surface area contributed by atoms with Crippen molar-refractivity contribution < 1.29 is 23.9 Å². The van der Waals surface area contributed by atoms with Gasteiger partial charge in [0.1, 0.15) is 0 Å². The summed E-state index contributed by atoms with van der Waals surface area (Å²) in [6, 6.07) is 6.67. The second-order valence-corrected chi connectivity index (χ2v) is 5.11. The highest BCUT2D eigenvalue weighted by atomic mass is 16.5. The number of anilines is 2. The van der Waals surface area contributed by atoms with Crippen LogP contribution in [-0.4, -0.2) is 44.8 Å². The minimum Gasteiger partial charge on any atom is -0.466 e. The van der Waals surface area contributed by atoms with Gasteiger partial charge in [-0.1, -0.05) is 0 Å². The number of amides is 2. The summed E-state index contributed by atoms with van der Waals surface area (Å²) < 4.78 is 4.42. The van der Waals surface area contributed by atoms with E-state index in [2.05, 4.69) is 4.74 Å². The Hall–Kier alpha value is -3.22. The summed E-state index contributed by atoms with van der Waals surface area (Å²) in [5.74, 6) is -1.56. The van der Waals surface area contributed by atoms with Gasteiger partial charge in [0.2, 0.25) is 0 Å². The third kappa shape index (κ3) is 6.06. The largest absolute Gasteiger partial charge is 0.466 e. The number of carbonyl (C=O) groups is 4. The smallest absolute Gasteiger partial charge is 0.330 e. The molecule has 0 N–H and O–H groups in total. The third-order valence-corrected chi connectivity index (χ3v) is 3.31. The van der Waals surface area contributed by atoms with Gasteiger partial charge in [-0.3, -0.25) is 14.4 Å². The molecule has 0 aliphatic heterocycles. The zero-order chi connectivity index (χ0) is 19.0. The highest BCUT2D eigenvalue weighted by molar-refractivity contribution is 6.05. The van der Waals surface area contributed by atoms with Gasteiger partial charge in [-0.05, 0) is 37.3 Å². The van der Waals surface area contributed by atoms with Crippen LogP contribution in [0.1, 0.15) is 6.92 Å². The maximum atomic E-state index is 12.0. The van der Waals surface area contributed by atoms with Gasteiger partial charge in [0.05, 0.1) is 7.11 Å². The summed E-state index contributed by atoms with van der Waals surface area (Å²) in [6.45, 7) is 1.36. The van der Waals surface area contributed by atoms with Gasteiger partial charge in [0.25, 0.3) is 11.8 Å². The lowest BCUT2D eigenvalue weighted by molar-refractivity contribution is -0.135. The molecule has 7 nitrogen and oxygen atoms in total. The molecule has 7 heteroatoms. The normalized spacial score (nSPS) is 10.7. The number of carbonyl (C=O) groups excluding carboxylic acids is 4. The van der Waals surface area contributed by atoms with Crippen molar-refractivity contribution in [1.82, 2.24) is 0 Å². The number of ether oxygens (including phenoxy) is 1. The molecule has 2 amide bonds. The molecule has 0 aliphatic carbocycles. The molecule has 0 atom stereocenters. The number of likely N-dealkylation sites (N-methyl/N-ethyl adjacent to an activating group) is 2. The molecule has 0 bridgehead atoms. The maximum Gasteiger partial charge on any atom is 0.330 e. The molecule has 25 heavy (non-hydrogen) atoms. The summed E-state index contributed by atoms with van der Waals surface area (Å²) in [7, 11) is 4.36. The van der Waals surface area contributed by atoms with Crippen LogP contribution >= 0.6 is 0 Å². The van der Waals surface area contributed by atoms with Crippen LogP contribution in [0.15, 0.2) is 48.6 Å². The highest BCUT2D eigenvalue weighted by Crippen LogP contribution is 2.20. The number of hydrogen-bond acceptors (Lipinski definition) is 5. The summed E-state index contributed by atoms with van der Waals surface area (Å²) in [5.41, 5.74) is 1.19. The van der Waals surface area contributed by atoms with Gasteiger partial charge >= 0.3 is 5.97 Å². The van der Waals surface area contributed by atoms with Gasteiger partial charge in [0.15, 0.2) is 5.78 Å². The number of allylic oxidation sites excluding steroid dienone is 1. The summed E-state index contributed by atoms with van der Waals surface area (Å²) >= 11 is 0. The van der Waals surface area contributed by atoms with Crippen molar-refractivity contribution in [3.63, 3.8) is 0 Å². The second-order valence-electron chi connectivity index (χ2n) is 5.11. The Labute approximate surface area is 146 Å². The van der Waals surface area contributed by atoms with Crippen molar-refractivity contribution in [2.24, 2.45) is 0 Å². The molecule has 0 saturated heterocycles. The van der Waals surface area contributed by atoms with Crippen molar-refractivity contribution in [3.05, 3.63) is 48.6 Å². The first kappa shape index (κ1) is 19.8. The number of nitrogens with zero attached hydrogens (tertiary/aromatic N) is 2. The van der Waals surface area contributed by atoms with Crippen LogP contribution in [0.2, 0.25) is 0 Å².